The van der Waals surface area contributed by atoms with Gasteiger partial charge < -0.3 is 20.2 Å². The van der Waals surface area contributed by atoms with E-state index in [1.807, 2.05) is 19.1 Å². The lowest BCUT2D eigenvalue weighted by molar-refractivity contribution is 0.226. The average Bonchev–Trinajstić information content (AvgIpc) is 3.24. The number of benzene rings is 1. The Morgan fingerprint density at radius 2 is 2.12 bits per heavy atom. The standard InChI is InChI=1S/C24H29Cl2N7O/c1-15(19-4-3-18(25)9-20(19)26)30-24-23(21(28)10-27)29-11-22(31-24)33-13-17(14-33)16-5-7-32(12-16)6-2-8-34/h3-4,9,11,15-17,28,34H,2,5-8,12-14H2,1H3,(H,30,31). The number of aliphatic hydroxyl groups is 1. The Morgan fingerprint density at radius 3 is 2.82 bits per heavy atom. The molecule has 2 aromatic rings. The van der Waals surface area contributed by atoms with Gasteiger partial charge in [0.05, 0.1) is 12.2 Å². The highest BCUT2D eigenvalue weighted by Gasteiger charge is 2.37. The normalized spacial score (nSPS) is 19.5. The van der Waals surface area contributed by atoms with Crippen molar-refractivity contribution >= 4 is 40.5 Å². The van der Waals surface area contributed by atoms with Crippen molar-refractivity contribution in [3.63, 3.8) is 0 Å². The minimum Gasteiger partial charge on any atom is -0.396 e. The van der Waals surface area contributed by atoms with E-state index < -0.39 is 0 Å². The molecule has 180 valence electrons. The molecule has 10 heteroatoms. The molecule has 0 bridgehead atoms. The SMILES string of the molecule is CC(Nc1nc(N2CC(C3CCN(CCCO)C3)C2)cnc1C(=N)C#N)c1ccc(Cl)cc1Cl. The van der Waals surface area contributed by atoms with Crippen LogP contribution >= 0.6 is 23.2 Å². The van der Waals surface area contributed by atoms with Crippen LogP contribution in [0.5, 0.6) is 0 Å². The maximum atomic E-state index is 9.27. The number of aromatic nitrogens is 2. The number of hydrogen-bond acceptors (Lipinski definition) is 8. The highest BCUT2D eigenvalue weighted by Crippen LogP contribution is 2.35. The maximum Gasteiger partial charge on any atom is 0.161 e. The van der Waals surface area contributed by atoms with Gasteiger partial charge in [0.2, 0.25) is 0 Å². The van der Waals surface area contributed by atoms with Crippen LogP contribution in [0.1, 0.15) is 37.1 Å². The third kappa shape index (κ3) is 5.44. The van der Waals surface area contributed by atoms with Crippen molar-refractivity contribution in [1.82, 2.24) is 14.9 Å². The van der Waals surface area contributed by atoms with E-state index in [0.717, 1.165) is 50.5 Å². The molecule has 0 spiro atoms. The van der Waals surface area contributed by atoms with Crippen LogP contribution < -0.4 is 10.2 Å². The Morgan fingerprint density at radius 1 is 1.32 bits per heavy atom. The van der Waals surface area contributed by atoms with Crippen LogP contribution in [0.2, 0.25) is 10.0 Å². The fraction of sp³-hybridized carbons (Fsp3) is 0.500. The van der Waals surface area contributed by atoms with E-state index in [9.17, 15) is 5.26 Å². The number of rotatable bonds is 9. The molecular formula is C24H29Cl2N7O. The Bertz CT molecular complexity index is 1080. The second-order valence-corrected chi connectivity index (χ2v) is 9.88. The zero-order chi connectivity index (χ0) is 24.2. The number of nitriles is 1. The van der Waals surface area contributed by atoms with Gasteiger partial charge in [-0.05, 0) is 55.8 Å². The summed E-state index contributed by atoms with van der Waals surface area (Å²) in [4.78, 5) is 13.8. The molecule has 2 aliphatic heterocycles. The molecule has 0 amide bonds. The molecular weight excluding hydrogens is 473 g/mol. The smallest absolute Gasteiger partial charge is 0.161 e. The van der Waals surface area contributed by atoms with Crippen LogP contribution in [-0.2, 0) is 0 Å². The molecule has 2 unspecified atom stereocenters. The van der Waals surface area contributed by atoms with E-state index in [1.54, 1.807) is 18.3 Å². The number of likely N-dealkylation sites (tertiary alicyclic amines) is 1. The van der Waals surface area contributed by atoms with Crippen molar-refractivity contribution in [3.8, 4) is 6.07 Å². The van der Waals surface area contributed by atoms with E-state index in [-0.39, 0.29) is 24.1 Å². The molecule has 0 radical (unpaired) electrons. The summed E-state index contributed by atoms with van der Waals surface area (Å²) < 4.78 is 0. The fourth-order valence-corrected chi connectivity index (χ4v) is 5.32. The summed E-state index contributed by atoms with van der Waals surface area (Å²) >= 11 is 12.4. The van der Waals surface area contributed by atoms with Gasteiger partial charge in [-0.1, -0.05) is 29.3 Å². The summed E-state index contributed by atoms with van der Waals surface area (Å²) in [7, 11) is 0. The van der Waals surface area contributed by atoms with Gasteiger partial charge in [-0.25, -0.2) is 9.97 Å². The molecule has 0 saturated carbocycles. The molecule has 2 atom stereocenters. The highest BCUT2D eigenvalue weighted by atomic mass is 35.5. The lowest BCUT2D eigenvalue weighted by atomic mass is 9.85. The molecule has 2 aliphatic rings. The Kier molecular flexibility index (Phi) is 7.89. The van der Waals surface area contributed by atoms with Crippen LogP contribution in [-0.4, -0.2) is 65.0 Å². The van der Waals surface area contributed by atoms with Crippen LogP contribution in [0.4, 0.5) is 11.6 Å². The van der Waals surface area contributed by atoms with E-state index in [2.05, 4.69) is 20.1 Å². The van der Waals surface area contributed by atoms with Crippen molar-refractivity contribution in [2.45, 2.75) is 25.8 Å². The number of nitrogens with zero attached hydrogens (tertiary/aromatic N) is 5. The summed E-state index contributed by atoms with van der Waals surface area (Å²) in [6.45, 7) is 7.17. The number of aliphatic hydroxyl groups excluding tert-OH is 1. The van der Waals surface area contributed by atoms with Gasteiger partial charge in [0.25, 0.3) is 0 Å². The number of anilines is 2. The van der Waals surface area contributed by atoms with Crippen molar-refractivity contribution in [2.75, 3.05) is 49.5 Å². The topological polar surface area (TPSA) is 112 Å². The van der Waals surface area contributed by atoms with Gasteiger partial charge in [-0.15, -0.1) is 0 Å². The van der Waals surface area contributed by atoms with Crippen LogP contribution in [0.25, 0.3) is 0 Å². The molecule has 1 aromatic heterocycles. The predicted molar refractivity (Wildman–Crippen MR) is 135 cm³/mol. The molecule has 2 saturated heterocycles. The lowest BCUT2D eigenvalue weighted by Gasteiger charge is -2.43. The third-order valence-corrected chi connectivity index (χ3v) is 7.29. The molecule has 0 aliphatic carbocycles. The summed E-state index contributed by atoms with van der Waals surface area (Å²) in [5.41, 5.74) is 0.811. The van der Waals surface area contributed by atoms with Crippen LogP contribution in [0.15, 0.2) is 24.4 Å². The van der Waals surface area contributed by atoms with Crippen molar-refractivity contribution in [2.24, 2.45) is 11.8 Å². The van der Waals surface area contributed by atoms with Gasteiger partial charge in [0.1, 0.15) is 17.6 Å². The van der Waals surface area contributed by atoms with E-state index in [1.165, 1.54) is 6.42 Å². The van der Waals surface area contributed by atoms with Gasteiger partial charge in [-0.3, -0.25) is 5.41 Å². The first kappa shape index (κ1) is 24.7. The number of hydrogen-bond donors (Lipinski definition) is 3. The van der Waals surface area contributed by atoms with Crippen LogP contribution in [0.3, 0.4) is 0 Å². The van der Waals surface area contributed by atoms with E-state index in [0.29, 0.717) is 27.7 Å². The largest absolute Gasteiger partial charge is 0.396 e. The Hall–Kier alpha value is -2.44. The quantitative estimate of drug-likeness (QED) is 0.445. The van der Waals surface area contributed by atoms with Crippen molar-refractivity contribution < 1.29 is 5.11 Å². The first-order valence-electron chi connectivity index (χ1n) is 11.5. The molecule has 8 nitrogen and oxygen atoms in total. The summed E-state index contributed by atoms with van der Waals surface area (Å²) in [6.07, 6.45) is 3.67. The summed E-state index contributed by atoms with van der Waals surface area (Å²) in [5.74, 6) is 2.40. The molecule has 3 heterocycles. The zero-order valence-electron chi connectivity index (χ0n) is 19.1. The fourth-order valence-electron chi connectivity index (χ4n) is 4.75. The molecule has 3 N–H and O–H groups in total. The highest BCUT2D eigenvalue weighted by molar-refractivity contribution is 6.35. The Balaban J connectivity index is 1.45. The monoisotopic (exact) mass is 501 g/mol. The lowest BCUT2D eigenvalue weighted by Crippen LogP contribution is -2.51. The predicted octanol–water partition coefficient (Wildman–Crippen LogP) is 3.99. The number of halogens is 2. The first-order chi connectivity index (χ1) is 16.4. The summed E-state index contributed by atoms with van der Waals surface area (Å²) in [5, 5.41) is 30.7. The zero-order valence-corrected chi connectivity index (χ0v) is 20.6. The molecule has 1 aromatic carbocycles. The third-order valence-electron chi connectivity index (χ3n) is 6.73. The molecule has 34 heavy (non-hydrogen) atoms. The maximum absolute atomic E-state index is 9.27. The number of nitrogens with one attached hydrogen (secondary N) is 2. The van der Waals surface area contributed by atoms with E-state index >= 15 is 0 Å². The molecule has 4 rings (SSSR count). The van der Waals surface area contributed by atoms with Crippen molar-refractivity contribution in [1.29, 1.82) is 10.7 Å². The van der Waals surface area contributed by atoms with Gasteiger partial charge in [0, 0.05) is 42.8 Å². The summed E-state index contributed by atoms with van der Waals surface area (Å²) in [6, 6.07) is 6.93. The van der Waals surface area contributed by atoms with Gasteiger partial charge in [0.15, 0.2) is 11.5 Å². The minimum absolute atomic E-state index is 0.218. The molecule has 2 fully saturated rings. The minimum atomic E-state index is -0.244. The average molecular weight is 502 g/mol. The van der Waals surface area contributed by atoms with Crippen molar-refractivity contribution in [3.05, 3.63) is 45.7 Å². The van der Waals surface area contributed by atoms with Gasteiger partial charge in [-0.2, -0.15) is 5.26 Å². The van der Waals surface area contributed by atoms with Gasteiger partial charge >= 0.3 is 0 Å². The van der Waals surface area contributed by atoms with Crippen LogP contribution in [0, 0.1) is 28.6 Å². The van der Waals surface area contributed by atoms with E-state index in [4.69, 9.17) is 38.7 Å². The Labute approximate surface area is 210 Å². The first-order valence-corrected chi connectivity index (χ1v) is 12.3. The second kappa shape index (κ2) is 10.9. The second-order valence-electron chi connectivity index (χ2n) is 9.04.